The number of hydrogen-bond donors (Lipinski definition) is 0. The molecule has 1 amide bonds. The molecule has 126 valence electrons. The van der Waals surface area contributed by atoms with Crippen molar-refractivity contribution in [1.82, 2.24) is 10.1 Å². The van der Waals surface area contributed by atoms with Crippen molar-refractivity contribution < 1.29 is 9.32 Å². The molecule has 2 aromatic carbocycles. The van der Waals surface area contributed by atoms with E-state index in [9.17, 15) is 4.79 Å². The second-order valence-corrected chi connectivity index (χ2v) is 6.78. The summed E-state index contributed by atoms with van der Waals surface area (Å²) in [6.45, 7) is 0.761. The van der Waals surface area contributed by atoms with Gasteiger partial charge in [0.05, 0.1) is 11.5 Å². The number of para-hydroxylation sites is 1. The van der Waals surface area contributed by atoms with Crippen molar-refractivity contribution in [1.29, 1.82) is 0 Å². The number of carbonyl (C=O) groups excluding carboxylic acids is 1. The number of aromatic nitrogens is 2. The minimum Gasteiger partial charge on any atom is -0.338 e. The molecule has 0 N–H and O–H groups in total. The van der Waals surface area contributed by atoms with E-state index in [1.165, 1.54) is 17.3 Å². The molecule has 1 aromatic heterocycles. The first-order valence-electron chi connectivity index (χ1n) is 8.15. The molecule has 0 saturated carbocycles. The Balaban J connectivity index is 1.33. The van der Waals surface area contributed by atoms with Crippen molar-refractivity contribution in [3.63, 3.8) is 0 Å². The fourth-order valence-corrected chi connectivity index (χ4v) is 3.64. The number of carbonyl (C=O) groups is 1. The van der Waals surface area contributed by atoms with E-state index in [1.54, 1.807) is 0 Å². The molecule has 0 fully saturated rings. The van der Waals surface area contributed by atoms with Gasteiger partial charge in [0, 0.05) is 17.8 Å². The molecule has 1 aliphatic rings. The summed E-state index contributed by atoms with van der Waals surface area (Å²) in [6.07, 6.45) is 0.927. The number of rotatable bonds is 5. The lowest BCUT2D eigenvalue weighted by Gasteiger charge is -2.16. The molecule has 5 nitrogen and oxygen atoms in total. The maximum atomic E-state index is 12.5. The molecule has 1 aliphatic heterocycles. The third kappa shape index (κ3) is 3.44. The van der Waals surface area contributed by atoms with E-state index >= 15 is 0 Å². The molecule has 25 heavy (non-hydrogen) atoms. The van der Waals surface area contributed by atoms with Gasteiger partial charge in [-0.05, 0) is 18.1 Å². The lowest BCUT2D eigenvalue weighted by atomic mass is 10.2. The number of hydrogen-bond acceptors (Lipinski definition) is 5. The summed E-state index contributed by atoms with van der Waals surface area (Å²) in [5, 5.41) is 4.00. The standard InChI is InChI=1S/C19H17N3O2S/c23-18(22-11-10-14-6-4-5-9-16(14)22)13-25-12-17-20-19(21-24-17)15-7-2-1-3-8-15/h1-9H,10-13H2. The average molecular weight is 351 g/mol. The van der Waals surface area contributed by atoms with Gasteiger partial charge in [0.25, 0.3) is 0 Å². The molecule has 0 saturated heterocycles. The van der Waals surface area contributed by atoms with Crippen LogP contribution in [0.4, 0.5) is 5.69 Å². The van der Waals surface area contributed by atoms with E-state index in [-0.39, 0.29) is 5.91 Å². The molecule has 0 radical (unpaired) electrons. The van der Waals surface area contributed by atoms with Crippen LogP contribution in [0, 0.1) is 0 Å². The molecular formula is C19H17N3O2S. The Labute approximate surface area is 150 Å². The fourth-order valence-electron chi connectivity index (χ4n) is 2.92. The predicted molar refractivity (Wildman–Crippen MR) is 98.4 cm³/mol. The number of nitrogens with zero attached hydrogens (tertiary/aromatic N) is 3. The Morgan fingerprint density at radius 2 is 1.92 bits per heavy atom. The normalized spacial score (nSPS) is 13.0. The van der Waals surface area contributed by atoms with Gasteiger partial charge in [-0.3, -0.25) is 4.79 Å². The van der Waals surface area contributed by atoms with E-state index in [0.717, 1.165) is 24.2 Å². The first kappa shape index (κ1) is 15.9. The third-order valence-electron chi connectivity index (χ3n) is 4.14. The van der Waals surface area contributed by atoms with Crippen molar-refractivity contribution in [2.45, 2.75) is 12.2 Å². The molecule has 3 aromatic rings. The highest BCUT2D eigenvalue weighted by atomic mass is 32.2. The topological polar surface area (TPSA) is 59.2 Å². The van der Waals surface area contributed by atoms with E-state index < -0.39 is 0 Å². The van der Waals surface area contributed by atoms with E-state index in [1.807, 2.05) is 53.4 Å². The number of benzene rings is 2. The van der Waals surface area contributed by atoms with Crippen LogP contribution in [0.1, 0.15) is 11.5 Å². The maximum Gasteiger partial charge on any atom is 0.237 e. The highest BCUT2D eigenvalue weighted by Crippen LogP contribution is 2.28. The summed E-state index contributed by atoms with van der Waals surface area (Å²) in [5.41, 5.74) is 3.20. The maximum absolute atomic E-state index is 12.5. The second kappa shape index (κ2) is 7.11. The van der Waals surface area contributed by atoms with Gasteiger partial charge < -0.3 is 9.42 Å². The van der Waals surface area contributed by atoms with Crippen LogP contribution >= 0.6 is 11.8 Å². The molecular weight excluding hydrogens is 334 g/mol. The number of amides is 1. The van der Waals surface area contributed by atoms with Crippen LogP contribution in [0.2, 0.25) is 0 Å². The van der Waals surface area contributed by atoms with Gasteiger partial charge in [-0.25, -0.2) is 0 Å². The van der Waals surface area contributed by atoms with E-state index in [2.05, 4.69) is 16.2 Å². The molecule has 0 spiro atoms. The van der Waals surface area contributed by atoms with Crippen LogP contribution in [0.3, 0.4) is 0 Å². The van der Waals surface area contributed by atoms with Gasteiger partial charge in [0.1, 0.15) is 0 Å². The molecule has 6 heteroatoms. The quantitative estimate of drug-likeness (QED) is 0.703. The van der Waals surface area contributed by atoms with Gasteiger partial charge in [-0.2, -0.15) is 4.98 Å². The van der Waals surface area contributed by atoms with Crippen molar-refractivity contribution in [3.8, 4) is 11.4 Å². The van der Waals surface area contributed by atoms with Crippen LogP contribution in [-0.2, 0) is 17.0 Å². The van der Waals surface area contributed by atoms with Crippen LogP contribution in [0.5, 0.6) is 0 Å². The molecule has 0 aliphatic carbocycles. The average Bonchev–Trinajstić information content (AvgIpc) is 3.29. The highest BCUT2D eigenvalue weighted by molar-refractivity contribution is 7.99. The lowest BCUT2D eigenvalue weighted by Crippen LogP contribution is -2.30. The summed E-state index contributed by atoms with van der Waals surface area (Å²) < 4.78 is 5.28. The van der Waals surface area contributed by atoms with Gasteiger partial charge in [-0.1, -0.05) is 53.7 Å². The van der Waals surface area contributed by atoms with Crippen LogP contribution in [0.15, 0.2) is 59.1 Å². The van der Waals surface area contributed by atoms with E-state index in [4.69, 9.17) is 4.52 Å². The van der Waals surface area contributed by atoms with Gasteiger partial charge >= 0.3 is 0 Å². The summed E-state index contributed by atoms with van der Waals surface area (Å²) in [7, 11) is 0. The first-order chi connectivity index (χ1) is 12.3. The minimum atomic E-state index is 0.123. The summed E-state index contributed by atoms with van der Waals surface area (Å²) in [5.74, 6) is 2.17. The zero-order valence-electron chi connectivity index (χ0n) is 13.6. The van der Waals surface area contributed by atoms with Crippen molar-refractivity contribution in [2.24, 2.45) is 0 Å². The van der Waals surface area contributed by atoms with Crippen LogP contribution < -0.4 is 4.90 Å². The largest absolute Gasteiger partial charge is 0.338 e. The lowest BCUT2D eigenvalue weighted by molar-refractivity contribution is -0.116. The fraction of sp³-hybridized carbons (Fsp3) is 0.211. The van der Waals surface area contributed by atoms with E-state index in [0.29, 0.717) is 23.2 Å². The van der Waals surface area contributed by atoms with Crippen molar-refractivity contribution in [3.05, 3.63) is 66.1 Å². The molecule has 0 bridgehead atoms. The summed E-state index contributed by atoms with van der Waals surface area (Å²) in [6, 6.07) is 17.8. The van der Waals surface area contributed by atoms with Crippen LogP contribution in [-0.4, -0.2) is 28.3 Å². The predicted octanol–water partition coefficient (Wildman–Crippen LogP) is 3.56. The Hall–Kier alpha value is -2.60. The van der Waals surface area contributed by atoms with Gasteiger partial charge in [-0.15, -0.1) is 11.8 Å². The Bertz CT molecular complexity index is 879. The Morgan fingerprint density at radius 1 is 1.12 bits per heavy atom. The monoisotopic (exact) mass is 351 g/mol. The summed E-state index contributed by atoms with van der Waals surface area (Å²) >= 11 is 1.50. The zero-order chi connectivity index (χ0) is 17.1. The van der Waals surface area contributed by atoms with Gasteiger partial charge in [0.15, 0.2) is 0 Å². The summed E-state index contributed by atoms with van der Waals surface area (Å²) in [4.78, 5) is 18.7. The molecule has 4 rings (SSSR count). The molecule has 0 atom stereocenters. The smallest absolute Gasteiger partial charge is 0.237 e. The zero-order valence-corrected chi connectivity index (χ0v) is 14.4. The Morgan fingerprint density at radius 3 is 2.80 bits per heavy atom. The Kier molecular flexibility index (Phi) is 4.52. The van der Waals surface area contributed by atoms with Crippen molar-refractivity contribution >= 4 is 23.4 Å². The second-order valence-electron chi connectivity index (χ2n) is 5.79. The minimum absolute atomic E-state index is 0.123. The third-order valence-corrected chi connectivity index (χ3v) is 5.04. The highest BCUT2D eigenvalue weighted by Gasteiger charge is 2.23. The number of thioether (sulfide) groups is 1. The number of fused-ring (bicyclic) bond motifs is 1. The van der Waals surface area contributed by atoms with Crippen LogP contribution in [0.25, 0.3) is 11.4 Å². The SMILES string of the molecule is O=C(CSCc1nc(-c2ccccc2)no1)N1CCc2ccccc21. The van der Waals surface area contributed by atoms with Gasteiger partial charge in [0.2, 0.25) is 17.6 Å². The first-order valence-corrected chi connectivity index (χ1v) is 9.31. The number of anilines is 1. The van der Waals surface area contributed by atoms with Crippen molar-refractivity contribution in [2.75, 3.05) is 17.2 Å². The molecule has 0 unspecified atom stereocenters. The molecule has 2 heterocycles.